The molecule has 0 unspecified atom stereocenters. The number of aromatic hydroxyl groups is 1. The van der Waals surface area contributed by atoms with Crippen molar-refractivity contribution in [1.29, 1.82) is 5.26 Å². The molecule has 0 fully saturated rings. The number of hydrogen-bond donors (Lipinski definition) is 2. The number of nitrogens with zero attached hydrogens (tertiary/aromatic N) is 1. The molecule has 32 heavy (non-hydrogen) atoms. The van der Waals surface area contributed by atoms with E-state index in [1.165, 1.54) is 25.3 Å². The number of phenolic OH excluding ortho intramolecular Hbond substituents is 1. The summed E-state index contributed by atoms with van der Waals surface area (Å²) in [6, 6.07) is 18.7. The van der Waals surface area contributed by atoms with Gasteiger partial charge in [0.1, 0.15) is 24.0 Å². The lowest BCUT2D eigenvalue weighted by Gasteiger charge is -2.14. The molecule has 0 aliphatic rings. The number of amides is 1. The SMILES string of the molecule is COc1cc(/C=C(/C#N)C(=O)Nc2ccc(O)cc2)cc(I)c1OCc1ccc(Cl)cc1. The minimum Gasteiger partial charge on any atom is -0.508 e. The molecule has 2 N–H and O–H groups in total. The molecule has 6 nitrogen and oxygen atoms in total. The minimum atomic E-state index is -0.560. The minimum absolute atomic E-state index is 0.0780. The van der Waals surface area contributed by atoms with Gasteiger partial charge in [0.05, 0.1) is 10.7 Å². The van der Waals surface area contributed by atoms with Crippen LogP contribution in [0.5, 0.6) is 17.2 Å². The third-order valence-corrected chi connectivity index (χ3v) is 5.40. The molecular weight excluding hydrogens is 543 g/mol. The number of benzene rings is 3. The van der Waals surface area contributed by atoms with Gasteiger partial charge in [-0.05, 0) is 88.3 Å². The topological polar surface area (TPSA) is 91.6 Å². The predicted molar refractivity (Wildman–Crippen MR) is 132 cm³/mol. The summed E-state index contributed by atoms with van der Waals surface area (Å²) in [6.07, 6.45) is 1.48. The molecule has 0 aliphatic heterocycles. The lowest BCUT2D eigenvalue weighted by atomic mass is 10.1. The van der Waals surface area contributed by atoms with E-state index in [2.05, 4.69) is 27.9 Å². The summed E-state index contributed by atoms with van der Waals surface area (Å²) in [5.41, 5.74) is 1.95. The molecule has 0 radical (unpaired) electrons. The average Bonchev–Trinajstić information content (AvgIpc) is 2.79. The van der Waals surface area contributed by atoms with Crippen LogP contribution in [-0.2, 0) is 11.4 Å². The number of carbonyl (C=O) groups excluding carboxylic acids is 1. The Hall–Kier alpha value is -3.22. The molecule has 0 aromatic heterocycles. The summed E-state index contributed by atoms with van der Waals surface area (Å²) < 4.78 is 12.2. The molecule has 0 saturated carbocycles. The van der Waals surface area contributed by atoms with Gasteiger partial charge in [0.2, 0.25) is 0 Å². The van der Waals surface area contributed by atoms with Crippen LogP contribution in [0.4, 0.5) is 5.69 Å². The summed E-state index contributed by atoms with van der Waals surface area (Å²) in [7, 11) is 1.52. The largest absolute Gasteiger partial charge is 0.508 e. The Labute approximate surface area is 204 Å². The van der Waals surface area contributed by atoms with Crippen LogP contribution in [0.2, 0.25) is 5.02 Å². The first kappa shape index (κ1) is 23.4. The number of nitrogens with one attached hydrogen (secondary N) is 1. The molecule has 0 spiro atoms. The Kier molecular flexibility index (Phi) is 7.98. The van der Waals surface area contributed by atoms with Gasteiger partial charge in [-0.1, -0.05) is 23.7 Å². The zero-order chi connectivity index (χ0) is 23.1. The normalized spacial score (nSPS) is 10.9. The Balaban J connectivity index is 1.80. The van der Waals surface area contributed by atoms with Crippen molar-refractivity contribution in [2.24, 2.45) is 0 Å². The standard InChI is InChI=1S/C24H18ClIN2O4/c1-31-22-12-16(10-17(13-27)24(30)28-19-6-8-20(29)9-7-19)11-21(26)23(22)32-14-15-2-4-18(25)5-3-15/h2-12,29H,14H2,1H3,(H,28,30)/b17-10-. The summed E-state index contributed by atoms with van der Waals surface area (Å²) >= 11 is 8.04. The highest BCUT2D eigenvalue weighted by molar-refractivity contribution is 14.1. The first-order valence-electron chi connectivity index (χ1n) is 9.36. The number of anilines is 1. The van der Waals surface area contributed by atoms with Crippen LogP contribution in [0.25, 0.3) is 6.08 Å². The number of hydrogen-bond acceptors (Lipinski definition) is 5. The number of nitriles is 1. The molecule has 3 rings (SSSR count). The highest BCUT2D eigenvalue weighted by atomic mass is 127. The van der Waals surface area contributed by atoms with E-state index in [0.29, 0.717) is 34.4 Å². The molecule has 0 atom stereocenters. The van der Waals surface area contributed by atoms with Crippen LogP contribution < -0.4 is 14.8 Å². The molecule has 0 saturated heterocycles. The molecule has 8 heteroatoms. The molecule has 0 heterocycles. The summed E-state index contributed by atoms with van der Waals surface area (Å²) in [4.78, 5) is 12.5. The maximum Gasteiger partial charge on any atom is 0.266 e. The number of methoxy groups -OCH3 is 1. The highest BCUT2D eigenvalue weighted by Crippen LogP contribution is 2.35. The smallest absolute Gasteiger partial charge is 0.266 e. The lowest BCUT2D eigenvalue weighted by molar-refractivity contribution is -0.112. The number of halogens is 2. The van der Waals surface area contributed by atoms with Gasteiger partial charge in [0.15, 0.2) is 11.5 Å². The second-order valence-electron chi connectivity index (χ2n) is 6.62. The highest BCUT2D eigenvalue weighted by Gasteiger charge is 2.14. The van der Waals surface area contributed by atoms with Gasteiger partial charge in [0.25, 0.3) is 5.91 Å². The second kappa shape index (κ2) is 10.9. The van der Waals surface area contributed by atoms with Crippen molar-refractivity contribution < 1.29 is 19.4 Å². The van der Waals surface area contributed by atoms with Crippen molar-refractivity contribution in [2.75, 3.05) is 12.4 Å². The maximum atomic E-state index is 12.5. The maximum absolute atomic E-state index is 12.5. The molecule has 1 amide bonds. The van der Waals surface area contributed by atoms with Gasteiger partial charge in [-0.15, -0.1) is 0 Å². The van der Waals surface area contributed by atoms with Crippen molar-refractivity contribution in [2.45, 2.75) is 6.61 Å². The van der Waals surface area contributed by atoms with Crippen LogP contribution in [0.1, 0.15) is 11.1 Å². The Bertz CT molecular complexity index is 1190. The Morgan fingerprint density at radius 3 is 2.50 bits per heavy atom. The summed E-state index contributed by atoms with van der Waals surface area (Å²) in [6.45, 7) is 0.331. The number of phenols is 1. The van der Waals surface area contributed by atoms with E-state index in [0.717, 1.165) is 9.13 Å². The lowest BCUT2D eigenvalue weighted by Crippen LogP contribution is -2.13. The Morgan fingerprint density at radius 1 is 1.19 bits per heavy atom. The third-order valence-electron chi connectivity index (χ3n) is 4.35. The van der Waals surface area contributed by atoms with E-state index in [1.54, 1.807) is 36.4 Å². The fourth-order valence-corrected chi connectivity index (χ4v) is 3.66. The van der Waals surface area contributed by atoms with E-state index in [4.69, 9.17) is 21.1 Å². The van der Waals surface area contributed by atoms with E-state index < -0.39 is 5.91 Å². The molecule has 0 bridgehead atoms. The predicted octanol–water partition coefficient (Wildman–Crippen LogP) is 5.78. The molecular formula is C24H18ClIN2O4. The second-order valence-corrected chi connectivity index (χ2v) is 8.22. The van der Waals surface area contributed by atoms with Gasteiger partial charge in [-0.2, -0.15) is 5.26 Å². The van der Waals surface area contributed by atoms with Crippen LogP contribution in [0, 0.1) is 14.9 Å². The van der Waals surface area contributed by atoms with Gasteiger partial charge in [-0.25, -0.2) is 0 Å². The van der Waals surface area contributed by atoms with E-state index >= 15 is 0 Å². The fraction of sp³-hybridized carbons (Fsp3) is 0.0833. The van der Waals surface area contributed by atoms with E-state index in [1.807, 2.05) is 18.2 Å². The summed E-state index contributed by atoms with van der Waals surface area (Å²) in [5, 5.41) is 22.1. The van der Waals surface area contributed by atoms with Crippen molar-refractivity contribution >= 4 is 51.9 Å². The van der Waals surface area contributed by atoms with Crippen LogP contribution >= 0.6 is 34.2 Å². The molecule has 0 aliphatic carbocycles. The first-order valence-corrected chi connectivity index (χ1v) is 10.8. The Morgan fingerprint density at radius 2 is 1.88 bits per heavy atom. The third kappa shape index (κ3) is 6.15. The van der Waals surface area contributed by atoms with Crippen LogP contribution in [0.3, 0.4) is 0 Å². The number of rotatable bonds is 7. The molecule has 3 aromatic carbocycles. The average molecular weight is 561 g/mol. The zero-order valence-electron chi connectivity index (χ0n) is 16.9. The number of carbonyl (C=O) groups is 1. The van der Waals surface area contributed by atoms with Gasteiger partial charge in [-0.3, -0.25) is 4.79 Å². The van der Waals surface area contributed by atoms with Crippen LogP contribution in [-0.4, -0.2) is 18.1 Å². The van der Waals surface area contributed by atoms with E-state index in [-0.39, 0.29) is 11.3 Å². The zero-order valence-corrected chi connectivity index (χ0v) is 19.8. The van der Waals surface area contributed by atoms with Crippen molar-refractivity contribution in [3.05, 3.63) is 86.0 Å². The van der Waals surface area contributed by atoms with E-state index in [9.17, 15) is 15.2 Å². The number of ether oxygens (including phenoxy) is 2. The quantitative estimate of drug-likeness (QED) is 0.165. The van der Waals surface area contributed by atoms with Crippen molar-refractivity contribution in [3.63, 3.8) is 0 Å². The monoisotopic (exact) mass is 560 g/mol. The first-order chi connectivity index (χ1) is 15.4. The van der Waals surface area contributed by atoms with Gasteiger partial charge < -0.3 is 19.9 Å². The molecule has 162 valence electrons. The van der Waals surface area contributed by atoms with Crippen molar-refractivity contribution in [3.8, 4) is 23.3 Å². The van der Waals surface area contributed by atoms with Crippen LogP contribution in [0.15, 0.2) is 66.2 Å². The van der Waals surface area contributed by atoms with Crippen molar-refractivity contribution in [1.82, 2.24) is 0 Å². The van der Waals surface area contributed by atoms with Gasteiger partial charge >= 0.3 is 0 Å². The molecule has 3 aromatic rings. The summed E-state index contributed by atoms with van der Waals surface area (Å²) in [5.74, 6) is 0.565. The van der Waals surface area contributed by atoms with Gasteiger partial charge in [0, 0.05) is 10.7 Å². The fourth-order valence-electron chi connectivity index (χ4n) is 2.76.